The molecule has 0 spiro atoms. The van der Waals surface area contributed by atoms with E-state index in [0.717, 1.165) is 5.71 Å². The summed E-state index contributed by atoms with van der Waals surface area (Å²) in [5.41, 5.74) is 1.16. The third kappa shape index (κ3) is 3.69. The minimum absolute atomic E-state index is 0.0709. The Morgan fingerprint density at radius 3 is 2.31 bits per heavy atom. The highest BCUT2D eigenvalue weighted by Gasteiger charge is 2.03. The number of ketones is 1. The van der Waals surface area contributed by atoms with E-state index >= 15 is 0 Å². The molecule has 0 aromatic heterocycles. The molecule has 0 heterocycles. The molecular formula is C10H15NO2. The van der Waals surface area contributed by atoms with Crippen molar-refractivity contribution < 1.29 is 9.53 Å². The maximum absolute atomic E-state index is 10.9. The summed E-state index contributed by atoms with van der Waals surface area (Å²) < 4.78 is 5.04. The quantitative estimate of drug-likeness (QED) is 0.287. The molecule has 0 aliphatic carbocycles. The standard InChI is InChI=1S/C10H15NO2/c1-7(9(3)12)6-10(13-5)8(2)11-4/h6H,1H2,2-5H3/b10-6+,11-8?. The SMILES string of the molecule is C=C(/C=C(/OC)C(C)=NC)C(C)=O. The second-order valence-corrected chi connectivity index (χ2v) is 2.60. The average molecular weight is 181 g/mol. The molecule has 3 heteroatoms. The van der Waals surface area contributed by atoms with Gasteiger partial charge in [0.1, 0.15) is 5.76 Å². The summed E-state index contributed by atoms with van der Waals surface area (Å²) >= 11 is 0. The minimum atomic E-state index is -0.0709. The maximum Gasteiger partial charge on any atom is 0.159 e. The summed E-state index contributed by atoms with van der Waals surface area (Å²) in [6, 6.07) is 0. The molecule has 0 saturated heterocycles. The molecule has 0 unspecified atom stereocenters. The molecule has 0 radical (unpaired) electrons. The summed E-state index contributed by atoms with van der Waals surface area (Å²) in [5.74, 6) is 0.501. The lowest BCUT2D eigenvalue weighted by molar-refractivity contribution is -0.113. The molecule has 0 atom stereocenters. The number of aliphatic imine (C=N–C) groups is 1. The van der Waals surface area contributed by atoms with Crippen molar-refractivity contribution in [2.75, 3.05) is 14.2 Å². The van der Waals surface area contributed by atoms with Crippen LogP contribution in [-0.2, 0) is 9.53 Å². The molecular weight excluding hydrogens is 166 g/mol. The van der Waals surface area contributed by atoms with Gasteiger partial charge in [-0.15, -0.1) is 0 Å². The van der Waals surface area contributed by atoms with Crippen molar-refractivity contribution in [3.63, 3.8) is 0 Å². The monoisotopic (exact) mass is 181 g/mol. The largest absolute Gasteiger partial charge is 0.495 e. The smallest absolute Gasteiger partial charge is 0.159 e. The molecule has 0 N–H and O–H groups in total. The first kappa shape index (κ1) is 11.6. The zero-order chi connectivity index (χ0) is 10.4. The zero-order valence-electron chi connectivity index (χ0n) is 8.55. The van der Waals surface area contributed by atoms with Crippen LogP contribution in [0.15, 0.2) is 29.0 Å². The molecule has 0 rings (SSSR count). The summed E-state index contributed by atoms with van der Waals surface area (Å²) in [6.07, 6.45) is 1.59. The second kappa shape index (κ2) is 5.30. The highest BCUT2D eigenvalue weighted by Crippen LogP contribution is 2.04. The molecule has 13 heavy (non-hydrogen) atoms. The van der Waals surface area contributed by atoms with Gasteiger partial charge in [-0.2, -0.15) is 0 Å². The molecule has 0 saturated carbocycles. The zero-order valence-corrected chi connectivity index (χ0v) is 8.55. The Hall–Kier alpha value is -1.38. The summed E-state index contributed by atoms with van der Waals surface area (Å²) in [6.45, 7) is 6.87. The fraction of sp³-hybridized carbons (Fsp3) is 0.400. The molecule has 0 aliphatic rings. The Balaban J connectivity index is 4.77. The molecule has 0 fully saturated rings. The summed E-state index contributed by atoms with van der Waals surface area (Å²) in [7, 11) is 3.20. The Morgan fingerprint density at radius 2 is 2.00 bits per heavy atom. The minimum Gasteiger partial charge on any atom is -0.495 e. The van der Waals surface area contributed by atoms with Gasteiger partial charge < -0.3 is 4.74 Å². The van der Waals surface area contributed by atoms with Gasteiger partial charge in [-0.1, -0.05) is 6.58 Å². The van der Waals surface area contributed by atoms with Gasteiger partial charge in [0.15, 0.2) is 5.78 Å². The van der Waals surface area contributed by atoms with Crippen LogP contribution in [0.4, 0.5) is 0 Å². The first-order chi connectivity index (χ1) is 6.02. The number of carbonyl (C=O) groups is 1. The van der Waals surface area contributed by atoms with Gasteiger partial charge in [0.2, 0.25) is 0 Å². The van der Waals surface area contributed by atoms with Crippen LogP contribution in [0.3, 0.4) is 0 Å². The Morgan fingerprint density at radius 1 is 1.46 bits per heavy atom. The van der Waals surface area contributed by atoms with E-state index in [1.54, 1.807) is 13.1 Å². The first-order valence-electron chi connectivity index (χ1n) is 3.92. The van der Waals surface area contributed by atoms with Gasteiger partial charge in [-0.25, -0.2) is 0 Å². The van der Waals surface area contributed by atoms with E-state index in [1.165, 1.54) is 14.0 Å². The van der Waals surface area contributed by atoms with Gasteiger partial charge in [0.05, 0.1) is 12.8 Å². The number of carbonyl (C=O) groups excluding carboxylic acids is 1. The molecule has 0 aromatic rings. The van der Waals surface area contributed by atoms with Crippen molar-refractivity contribution in [1.82, 2.24) is 0 Å². The van der Waals surface area contributed by atoms with Crippen LogP contribution in [-0.4, -0.2) is 25.7 Å². The fourth-order valence-corrected chi connectivity index (χ4v) is 0.681. The highest BCUT2D eigenvalue weighted by atomic mass is 16.5. The lowest BCUT2D eigenvalue weighted by atomic mass is 10.1. The van der Waals surface area contributed by atoms with E-state index in [9.17, 15) is 4.79 Å². The van der Waals surface area contributed by atoms with E-state index < -0.39 is 0 Å². The Labute approximate surface area is 78.8 Å². The van der Waals surface area contributed by atoms with Gasteiger partial charge >= 0.3 is 0 Å². The van der Waals surface area contributed by atoms with E-state index in [4.69, 9.17) is 4.74 Å². The predicted molar refractivity (Wildman–Crippen MR) is 53.9 cm³/mol. The molecule has 0 aromatic carbocycles. The van der Waals surface area contributed by atoms with Crippen molar-refractivity contribution >= 4 is 11.5 Å². The summed E-state index contributed by atoms with van der Waals surface area (Å²) in [5, 5.41) is 0. The third-order valence-corrected chi connectivity index (χ3v) is 1.67. The van der Waals surface area contributed by atoms with E-state index in [0.29, 0.717) is 11.3 Å². The molecule has 0 bridgehead atoms. The van der Waals surface area contributed by atoms with Gasteiger partial charge in [-0.3, -0.25) is 9.79 Å². The molecule has 72 valence electrons. The van der Waals surface area contributed by atoms with Crippen molar-refractivity contribution in [1.29, 1.82) is 0 Å². The van der Waals surface area contributed by atoms with Crippen molar-refractivity contribution in [2.45, 2.75) is 13.8 Å². The molecule has 0 aliphatic heterocycles. The second-order valence-electron chi connectivity index (χ2n) is 2.60. The number of allylic oxidation sites excluding steroid dienone is 3. The van der Waals surface area contributed by atoms with Crippen molar-refractivity contribution in [3.05, 3.63) is 24.0 Å². The number of ether oxygens (including phenoxy) is 1. The van der Waals surface area contributed by atoms with Crippen LogP contribution in [0.1, 0.15) is 13.8 Å². The van der Waals surface area contributed by atoms with Crippen LogP contribution >= 0.6 is 0 Å². The topological polar surface area (TPSA) is 38.7 Å². The van der Waals surface area contributed by atoms with Crippen molar-refractivity contribution in [2.24, 2.45) is 4.99 Å². The fourth-order valence-electron chi connectivity index (χ4n) is 0.681. The first-order valence-corrected chi connectivity index (χ1v) is 3.92. The van der Waals surface area contributed by atoms with E-state index in [-0.39, 0.29) is 5.78 Å². The maximum atomic E-state index is 10.9. The van der Waals surface area contributed by atoms with E-state index in [1.807, 2.05) is 6.92 Å². The predicted octanol–water partition coefficient (Wildman–Crippen LogP) is 1.75. The van der Waals surface area contributed by atoms with Crippen molar-refractivity contribution in [3.8, 4) is 0 Å². The normalized spacial score (nSPS) is 12.6. The van der Waals surface area contributed by atoms with Gasteiger partial charge in [0.25, 0.3) is 0 Å². The molecule has 0 amide bonds. The van der Waals surface area contributed by atoms with Crippen LogP contribution in [0.25, 0.3) is 0 Å². The van der Waals surface area contributed by atoms with Gasteiger partial charge in [0, 0.05) is 12.6 Å². The average Bonchev–Trinajstić information content (AvgIpc) is 2.12. The molecule has 3 nitrogen and oxygen atoms in total. The number of Topliss-reactive ketones (excluding diaryl/α,β-unsaturated/α-hetero) is 1. The lowest BCUT2D eigenvalue weighted by Crippen LogP contribution is -2.02. The Bertz CT molecular complexity index is 275. The number of rotatable bonds is 4. The number of nitrogens with zero attached hydrogens (tertiary/aromatic N) is 1. The highest BCUT2D eigenvalue weighted by molar-refractivity contribution is 6.01. The van der Waals surface area contributed by atoms with Gasteiger partial charge in [-0.05, 0) is 19.9 Å². The van der Waals surface area contributed by atoms with Crippen LogP contribution in [0.5, 0.6) is 0 Å². The number of methoxy groups -OCH3 is 1. The lowest BCUT2D eigenvalue weighted by Gasteiger charge is -2.04. The Kier molecular flexibility index (Phi) is 4.74. The number of hydrogen-bond donors (Lipinski definition) is 0. The summed E-state index contributed by atoms with van der Waals surface area (Å²) in [4.78, 5) is 14.8. The third-order valence-electron chi connectivity index (χ3n) is 1.67. The number of hydrogen-bond acceptors (Lipinski definition) is 3. The van der Waals surface area contributed by atoms with Crippen LogP contribution in [0, 0.1) is 0 Å². The van der Waals surface area contributed by atoms with Crippen LogP contribution in [0.2, 0.25) is 0 Å². The van der Waals surface area contributed by atoms with Crippen LogP contribution < -0.4 is 0 Å². The van der Waals surface area contributed by atoms with E-state index in [2.05, 4.69) is 11.6 Å².